The minimum absolute atomic E-state index is 0.497. The lowest BCUT2D eigenvalue weighted by molar-refractivity contribution is 0.0230. The van der Waals surface area contributed by atoms with Crippen LogP contribution in [0.25, 0.3) is 0 Å². The maximum Gasteiger partial charge on any atom is 0.0594 e. The lowest BCUT2D eigenvalue weighted by Crippen LogP contribution is -2.45. The van der Waals surface area contributed by atoms with Gasteiger partial charge in [-0.1, -0.05) is 18.6 Å². The van der Waals surface area contributed by atoms with Gasteiger partial charge in [0.1, 0.15) is 0 Å². The smallest absolute Gasteiger partial charge is 0.0594 e. The van der Waals surface area contributed by atoms with Crippen LogP contribution in [-0.4, -0.2) is 48.7 Å². The van der Waals surface area contributed by atoms with E-state index in [1.54, 1.807) is 0 Å². The van der Waals surface area contributed by atoms with E-state index in [0.29, 0.717) is 6.04 Å². The summed E-state index contributed by atoms with van der Waals surface area (Å²) in [5.74, 6) is 0. The van der Waals surface area contributed by atoms with Crippen molar-refractivity contribution in [2.45, 2.75) is 39.7 Å². The molecule has 3 nitrogen and oxygen atoms in total. The second kappa shape index (κ2) is 6.39. The molecule has 1 saturated heterocycles. The van der Waals surface area contributed by atoms with Gasteiger partial charge in [-0.05, 0) is 32.9 Å². The molecule has 1 fully saturated rings. The predicted molar refractivity (Wildman–Crippen MR) is 75.3 cm³/mol. The fourth-order valence-electron chi connectivity index (χ4n) is 2.85. The highest BCUT2D eigenvalue weighted by Crippen LogP contribution is 2.24. The average Bonchev–Trinajstić information content (AvgIpc) is 2.93. The highest BCUT2D eigenvalue weighted by molar-refractivity contribution is 5.21. The van der Waals surface area contributed by atoms with Crippen LogP contribution in [0.5, 0.6) is 0 Å². The number of ether oxygens (including phenoxy) is 1. The summed E-state index contributed by atoms with van der Waals surface area (Å²) in [5, 5.41) is 0. The van der Waals surface area contributed by atoms with E-state index < -0.39 is 0 Å². The third-order valence-electron chi connectivity index (χ3n) is 4.09. The second-order valence-corrected chi connectivity index (χ2v) is 5.21. The summed E-state index contributed by atoms with van der Waals surface area (Å²) >= 11 is 0. The van der Waals surface area contributed by atoms with Crippen LogP contribution in [0, 0.1) is 0 Å². The highest BCUT2D eigenvalue weighted by atomic mass is 16.5. The van der Waals surface area contributed by atoms with Crippen molar-refractivity contribution in [3.05, 3.63) is 23.5 Å². The number of allylic oxidation sites excluding steroid dienone is 1. The largest absolute Gasteiger partial charge is 0.379 e. The molecule has 102 valence electrons. The van der Waals surface area contributed by atoms with Crippen LogP contribution in [0.3, 0.4) is 0 Å². The highest BCUT2D eigenvalue weighted by Gasteiger charge is 2.25. The Kier molecular flexibility index (Phi) is 4.84. The third-order valence-corrected chi connectivity index (χ3v) is 4.09. The Morgan fingerprint density at radius 3 is 2.56 bits per heavy atom. The maximum atomic E-state index is 5.46. The summed E-state index contributed by atoms with van der Waals surface area (Å²) in [6.45, 7) is 11.9. The molecule has 3 heteroatoms. The molecule has 1 unspecified atom stereocenters. The summed E-state index contributed by atoms with van der Waals surface area (Å²) in [6.07, 6.45) is 6.84. The standard InChI is InChI=1S/C15H26N2O/c1-4-13(2)15(17-7-5-6-8-17)14(3)16-9-11-18-12-10-16/h5,7,14H,4,6,8-12H2,1-3H3/b15-13-. The molecule has 0 spiro atoms. The lowest BCUT2D eigenvalue weighted by Gasteiger charge is -2.37. The van der Waals surface area contributed by atoms with Crippen molar-refractivity contribution in [3.8, 4) is 0 Å². The predicted octanol–water partition coefficient (Wildman–Crippen LogP) is 2.61. The molecule has 0 aromatic heterocycles. The van der Waals surface area contributed by atoms with Crippen molar-refractivity contribution in [1.82, 2.24) is 9.80 Å². The van der Waals surface area contributed by atoms with Crippen molar-refractivity contribution >= 4 is 0 Å². The van der Waals surface area contributed by atoms with Crippen LogP contribution in [0.1, 0.15) is 33.6 Å². The molecule has 1 atom stereocenters. The first-order chi connectivity index (χ1) is 8.74. The number of morpholine rings is 1. The number of hydrogen-bond donors (Lipinski definition) is 0. The van der Waals surface area contributed by atoms with Crippen molar-refractivity contribution in [2.75, 3.05) is 32.8 Å². The molecule has 0 amide bonds. The van der Waals surface area contributed by atoms with E-state index >= 15 is 0 Å². The Morgan fingerprint density at radius 1 is 1.28 bits per heavy atom. The first-order valence-corrected chi connectivity index (χ1v) is 7.18. The van der Waals surface area contributed by atoms with Crippen LogP contribution in [0.4, 0.5) is 0 Å². The molecule has 0 aliphatic carbocycles. The molecule has 2 heterocycles. The van der Waals surface area contributed by atoms with Gasteiger partial charge in [0.2, 0.25) is 0 Å². The van der Waals surface area contributed by atoms with E-state index in [9.17, 15) is 0 Å². The molecular formula is C15H26N2O. The van der Waals surface area contributed by atoms with Crippen LogP contribution in [0.2, 0.25) is 0 Å². The summed E-state index contributed by atoms with van der Waals surface area (Å²) in [6, 6.07) is 0.497. The molecule has 2 aliphatic rings. The van der Waals surface area contributed by atoms with E-state index in [4.69, 9.17) is 4.74 Å². The number of hydrogen-bond acceptors (Lipinski definition) is 3. The summed E-state index contributed by atoms with van der Waals surface area (Å²) in [5.41, 5.74) is 3.02. The van der Waals surface area contributed by atoms with Crippen molar-refractivity contribution in [2.24, 2.45) is 0 Å². The SMILES string of the molecule is CC/C(C)=C(/C(C)N1CCOCC1)N1C=CCC1. The third kappa shape index (κ3) is 2.96. The Balaban J connectivity index is 2.15. The zero-order valence-electron chi connectivity index (χ0n) is 12.0. The molecule has 2 aliphatic heterocycles. The number of rotatable bonds is 4. The summed E-state index contributed by atoms with van der Waals surface area (Å²) in [4.78, 5) is 4.99. The lowest BCUT2D eigenvalue weighted by atomic mass is 10.0. The average molecular weight is 250 g/mol. The van der Waals surface area contributed by atoms with E-state index in [1.165, 1.54) is 17.7 Å². The fourth-order valence-corrected chi connectivity index (χ4v) is 2.85. The summed E-state index contributed by atoms with van der Waals surface area (Å²) < 4.78 is 5.46. The molecule has 2 rings (SSSR count). The fraction of sp³-hybridized carbons (Fsp3) is 0.733. The molecule has 0 bridgehead atoms. The van der Waals surface area contributed by atoms with Crippen molar-refractivity contribution in [3.63, 3.8) is 0 Å². The van der Waals surface area contributed by atoms with Crippen LogP contribution in [-0.2, 0) is 4.74 Å². The van der Waals surface area contributed by atoms with Crippen LogP contribution < -0.4 is 0 Å². The Labute approximate surface area is 111 Å². The second-order valence-electron chi connectivity index (χ2n) is 5.21. The molecule has 0 N–H and O–H groups in total. The van der Waals surface area contributed by atoms with Gasteiger partial charge in [0, 0.05) is 31.4 Å². The van der Waals surface area contributed by atoms with Gasteiger partial charge in [-0.15, -0.1) is 0 Å². The maximum absolute atomic E-state index is 5.46. The van der Waals surface area contributed by atoms with E-state index in [2.05, 4.69) is 42.8 Å². The van der Waals surface area contributed by atoms with Gasteiger partial charge in [0.15, 0.2) is 0 Å². The number of nitrogens with zero attached hydrogens (tertiary/aromatic N) is 2. The van der Waals surface area contributed by atoms with Gasteiger partial charge in [-0.2, -0.15) is 0 Å². The first-order valence-electron chi connectivity index (χ1n) is 7.18. The molecule has 0 saturated carbocycles. The van der Waals surface area contributed by atoms with Gasteiger partial charge >= 0.3 is 0 Å². The zero-order valence-corrected chi connectivity index (χ0v) is 12.0. The Morgan fingerprint density at radius 2 is 2.00 bits per heavy atom. The van der Waals surface area contributed by atoms with Crippen LogP contribution >= 0.6 is 0 Å². The quantitative estimate of drug-likeness (QED) is 0.763. The normalized spacial score (nSPS) is 24.3. The van der Waals surface area contributed by atoms with Gasteiger partial charge < -0.3 is 9.64 Å². The zero-order chi connectivity index (χ0) is 13.0. The first kappa shape index (κ1) is 13.6. The minimum Gasteiger partial charge on any atom is -0.379 e. The van der Waals surface area contributed by atoms with Gasteiger partial charge in [-0.3, -0.25) is 4.90 Å². The Hall–Kier alpha value is -0.800. The van der Waals surface area contributed by atoms with Crippen molar-refractivity contribution in [1.29, 1.82) is 0 Å². The molecular weight excluding hydrogens is 224 g/mol. The van der Waals surface area contributed by atoms with E-state index in [1.807, 2.05) is 0 Å². The molecule has 18 heavy (non-hydrogen) atoms. The monoisotopic (exact) mass is 250 g/mol. The molecule has 0 aromatic carbocycles. The van der Waals surface area contributed by atoms with Crippen LogP contribution in [0.15, 0.2) is 23.5 Å². The molecule has 0 radical (unpaired) electrons. The summed E-state index contributed by atoms with van der Waals surface area (Å²) in [7, 11) is 0. The van der Waals surface area contributed by atoms with Gasteiger partial charge in [0.05, 0.1) is 13.2 Å². The molecule has 0 aromatic rings. The Bertz CT molecular complexity index is 329. The van der Waals surface area contributed by atoms with E-state index in [0.717, 1.165) is 39.3 Å². The minimum atomic E-state index is 0.497. The van der Waals surface area contributed by atoms with Crippen molar-refractivity contribution < 1.29 is 4.74 Å². The topological polar surface area (TPSA) is 15.7 Å². The van der Waals surface area contributed by atoms with Gasteiger partial charge in [0.25, 0.3) is 0 Å². The van der Waals surface area contributed by atoms with Gasteiger partial charge in [-0.25, -0.2) is 0 Å². The van der Waals surface area contributed by atoms with E-state index in [-0.39, 0.29) is 0 Å².